The van der Waals surface area contributed by atoms with Gasteiger partial charge >= 0.3 is 0 Å². The van der Waals surface area contributed by atoms with Crippen molar-refractivity contribution in [1.82, 2.24) is 4.47 Å². The van der Waals surface area contributed by atoms with Gasteiger partial charge in [-0.2, -0.15) is 0 Å². The molecule has 0 aliphatic heterocycles. The van der Waals surface area contributed by atoms with Crippen LogP contribution in [0.4, 0.5) is 5.69 Å². The summed E-state index contributed by atoms with van der Waals surface area (Å²) in [6.45, 7) is 4.70. The number of nitrogens with zero attached hydrogens (tertiary/aromatic N) is 1. The molecule has 8 nitrogen and oxygen atoms in total. The van der Waals surface area contributed by atoms with Crippen molar-refractivity contribution in [2.75, 3.05) is 25.3 Å². The van der Waals surface area contributed by atoms with Crippen LogP contribution in [0.2, 0.25) is 0 Å². The lowest BCUT2D eigenvalue weighted by molar-refractivity contribution is -0.170. The van der Waals surface area contributed by atoms with Gasteiger partial charge in [-0.25, -0.2) is 8.42 Å². The van der Waals surface area contributed by atoms with Gasteiger partial charge in [0, 0.05) is 12.2 Å². The predicted octanol–water partition coefficient (Wildman–Crippen LogP) is 1.14. The lowest BCUT2D eigenvalue weighted by Gasteiger charge is -2.23. The topological polar surface area (TPSA) is 105 Å². The fourth-order valence-corrected chi connectivity index (χ4v) is 3.27. The first-order valence-electron chi connectivity index (χ1n) is 7.96. The molecule has 0 heterocycles. The molecule has 1 aromatic carbocycles. The maximum absolute atomic E-state index is 12.5. The molecule has 9 heteroatoms. The van der Waals surface area contributed by atoms with Gasteiger partial charge in [-0.15, -0.1) is 6.42 Å². The lowest BCUT2D eigenvalue weighted by atomic mass is 10.1. The molecule has 26 heavy (non-hydrogen) atoms. The van der Waals surface area contributed by atoms with E-state index in [-0.39, 0.29) is 13.2 Å². The van der Waals surface area contributed by atoms with Crippen LogP contribution < -0.4 is 5.32 Å². The van der Waals surface area contributed by atoms with Crippen LogP contribution in [0.25, 0.3) is 0 Å². The average Bonchev–Trinajstić information content (AvgIpc) is 2.60. The van der Waals surface area contributed by atoms with E-state index in [2.05, 4.69) is 11.2 Å². The van der Waals surface area contributed by atoms with Crippen LogP contribution in [0.15, 0.2) is 18.2 Å². The largest absolute Gasteiger partial charge is 0.368 e. The number of benzene rings is 1. The molecular formula is C17H24N2O6S. The van der Waals surface area contributed by atoms with Gasteiger partial charge in [-0.1, -0.05) is 35.5 Å². The number of aliphatic hydroxyl groups excluding tert-OH is 1. The Morgan fingerprint density at radius 1 is 1.38 bits per heavy atom. The summed E-state index contributed by atoms with van der Waals surface area (Å²) >= 11 is 0. The van der Waals surface area contributed by atoms with E-state index in [4.69, 9.17) is 16.0 Å². The highest BCUT2D eigenvalue weighted by Gasteiger charge is 2.37. The molecule has 0 radical (unpaired) electrons. The van der Waals surface area contributed by atoms with Crippen molar-refractivity contribution in [3.8, 4) is 12.3 Å². The Morgan fingerprint density at radius 2 is 2.00 bits per heavy atom. The molecule has 0 saturated heterocycles. The van der Waals surface area contributed by atoms with Gasteiger partial charge in [0.1, 0.15) is 6.61 Å². The third-order valence-corrected chi connectivity index (χ3v) is 5.03. The zero-order chi connectivity index (χ0) is 19.7. The minimum absolute atomic E-state index is 0.0599. The fourth-order valence-electron chi connectivity index (χ4n) is 2.09. The molecule has 0 aliphatic rings. The molecule has 1 atom stereocenters. The van der Waals surface area contributed by atoms with E-state index in [1.807, 2.05) is 0 Å². The summed E-state index contributed by atoms with van der Waals surface area (Å²) in [4.78, 5) is 17.3. The summed E-state index contributed by atoms with van der Waals surface area (Å²) in [5, 5.41) is 12.5. The second kappa shape index (κ2) is 10.3. The van der Waals surface area contributed by atoms with E-state index in [9.17, 15) is 18.3 Å². The first-order chi connectivity index (χ1) is 12.3. The molecule has 1 aromatic rings. The van der Waals surface area contributed by atoms with Crippen LogP contribution in [0.1, 0.15) is 24.5 Å². The number of anilines is 1. The van der Waals surface area contributed by atoms with Gasteiger partial charge in [-0.05, 0) is 31.4 Å². The molecule has 0 aromatic heterocycles. The monoisotopic (exact) mass is 384 g/mol. The number of aryl methyl sites for hydroxylation is 2. The Morgan fingerprint density at radius 3 is 2.54 bits per heavy atom. The molecule has 1 rings (SSSR count). The normalized spacial score (nSPS) is 12.6. The number of carbonyl (C=O) groups is 1. The number of hydrogen-bond donors (Lipinski definition) is 2. The van der Waals surface area contributed by atoms with Crippen molar-refractivity contribution in [1.29, 1.82) is 0 Å². The molecule has 0 spiro atoms. The summed E-state index contributed by atoms with van der Waals surface area (Å²) in [6, 6.07) is 5.33. The Kier molecular flexibility index (Phi) is 8.71. The maximum Gasteiger partial charge on any atom is 0.272 e. The van der Waals surface area contributed by atoms with Gasteiger partial charge in [0.25, 0.3) is 21.4 Å². The van der Waals surface area contributed by atoms with Crippen molar-refractivity contribution >= 4 is 21.6 Å². The Balaban J connectivity index is 2.90. The van der Waals surface area contributed by atoms with E-state index in [0.29, 0.717) is 16.6 Å². The van der Waals surface area contributed by atoms with Crippen molar-refractivity contribution in [2.45, 2.75) is 32.6 Å². The third kappa shape index (κ3) is 5.79. The van der Waals surface area contributed by atoms with Crippen molar-refractivity contribution in [3.05, 3.63) is 29.3 Å². The van der Waals surface area contributed by atoms with Gasteiger partial charge in [0.05, 0.1) is 0 Å². The molecule has 144 valence electrons. The zero-order valence-electron chi connectivity index (χ0n) is 15.1. The number of terminal acetylenes is 1. The summed E-state index contributed by atoms with van der Waals surface area (Å²) in [6.07, 6.45) is 5.42. The number of carbonyl (C=O) groups excluding carboxylic acids is 1. The molecule has 0 aliphatic carbocycles. The Bertz CT molecular complexity index is 737. The Labute approximate surface area is 154 Å². The number of hydroxylamine groups is 1. The number of aliphatic hydroxyl groups is 1. The number of hydrogen-bond acceptors (Lipinski definition) is 6. The summed E-state index contributed by atoms with van der Waals surface area (Å²) in [5.41, 5.74) is -0.396. The number of ether oxygens (including phenoxy) is 1. The van der Waals surface area contributed by atoms with Crippen LogP contribution >= 0.6 is 0 Å². The van der Waals surface area contributed by atoms with Gasteiger partial charge < -0.3 is 15.2 Å². The number of sulfonamides is 1. The summed E-state index contributed by atoms with van der Waals surface area (Å²) in [7, 11) is -4.47. The molecule has 1 unspecified atom stereocenters. The van der Waals surface area contributed by atoms with E-state index >= 15 is 0 Å². The van der Waals surface area contributed by atoms with Gasteiger partial charge in [0.15, 0.2) is 6.79 Å². The van der Waals surface area contributed by atoms with Gasteiger partial charge in [-0.3, -0.25) is 9.63 Å². The SMILES string of the molecule is C#CCOCON(CCC)S(=O)(=O)C(O)C(=O)Nc1c(C)cccc1C. The standard InChI is InChI=1S/C17H24N2O6S/c1-5-10-19(25-12-24-11-6-2)26(22,23)17(21)16(20)18-15-13(3)8-7-9-14(15)4/h2,7-9,17,21H,5,10-12H2,1,3-4H3,(H,18,20). The van der Waals surface area contributed by atoms with Crippen molar-refractivity contribution in [3.63, 3.8) is 0 Å². The number of para-hydroxylation sites is 1. The zero-order valence-corrected chi connectivity index (χ0v) is 15.9. The van der Waals surface area contributed by atoms with E-state index in [1.165, 1.54) is 0 Å². The fraction of sp³-hybridized carbons (Fsp3) is 0.471. The van der Waals surface area contributed by atoms with Crippen LogP contribution in [0.3, 0.4) is 0 Å². The first-order valence-corrected chi connectivity index (χ1v) is 9.46. The summed E-state index contributed by atoms with van der Waals surface area (Å²) < 4.78 is 30.4. The highest BCUT2D eigenvalue weighted by atomic mass is 32.2. The van der Waals surface area contributed by atoms with Crippen LogP contribution in [0, 0.1) is 26.2 Å². The molecule has 0 saturated carbocycles. The average molecular weight is 384 g/mol. The lowest BCUT2D eigenvalue weighted by Crippen LogP contribution is -2.45. The second-order valence-electron chi connectivity index (χ2n) is 5.48. The smallest absolute Gasteiger partial charge is 0.272 e. The maximum atomic E-state index is 12.5. The first kappa shape index (κ1) is 22.1. The molecule has 0 bridgehead atoms. The van der Waals surface area contributed by atoms with Crippen molar-refractivity contribution < 1.29 is 27.9 Å². The van der Waals surface area contributed by atoms with E-state index in [0.717, 1.165) is 11.1 Å². The minimum Gasteiger partial charge on any atom is -0.368 e. The minimum atomic E-state index is -4.47. The molecular weight excluding hydrogens is 360 g/mol. The molecule has 0 fully saturated rings. The van der Waals surface area contributed by atoms with Crippen molar-refractivity contribution in [2.24, 2.45) is 0 Å². The second-order valence-corrected chi connectivity index (χ2v) is 7.36. The third-order valence-electron chi connectivity index (χ3n) is 3.39. The quantitative estimate of drug-likeness (QED) is 0.271. The number of nitrogens with one attached hydrogen (secondary N) is 1. The van der Waals surface area contributed by atoms with Crippen LogP contribution in [0.5, 0.6) is 0 Å². The predicted molar refractivity (Wildman–Crippen MR) is 97.2 cm³/mol. The van der Waals surface area contributed by atoms with Crippen LogP contribution in [-0.4, -0.2) is 49.3 Å². The number of rotatable bonds is 10. The summed E-state index contributed by atoms with van der Waals surface area (Å²) in [5.74, 6) is 1.13. The molecule has 1 amide bonds. The number of amides is 1. The van der Waals surface area contributed by atoms with E-state index < -0.39 is 28.2 Å². The highest BCUT2D eigenvalue weighted by molar-refractivity contribution is 7.90. The Hall–Kier alpha value is -1.96. The van der Waals surface area contributed by atoms with Crippen LogP contribution in [-0.2, 0) is 24.4 Å². The van der Waals surface area contributed by atoms with E-state index in [1.54, 1.807) is 39.0 Å². The highest BCUT2D eigenvalue weighted by Crippen LogP contribution is 2.20. The van der Waals surface area contributed by atoms with Gasteiger partial charge in [0.2, 0.25) is 0 Å². The molecule has 2 N–H and O–H groups in total.